The van der Waals surface area contributed by atoms with E-state index in [4.69, 9.17) is 4.74 Å². The fraction of sp³-hybridized carbons (Fsp3) is 0.538. The van der Waals surface area contributed by atoms with Gasteiger partial charge in [0.05, 0.1) is 18.6 Å². The highest BCUT2D eigenvalue weighted by Crippen LogP contribution is 2.24. The zero-order valence-corrected chi connectivity index (χ0v) is 12.6. The number of aliphatic hydroxyl groups excluding tert-OH is 1. The molecule has 20 heavy (non-hydrogen) atoms. The summed E-state index contributed by atoms with van der Waals surface area (Å²) in [6.45, 7) is 2.51. The third-order valence-corrected chi connectivity index (χ3v) is 4.29. The van der Waals surface area contributed by atoms with Gasteiger partial charge in [0.15, 0.2) is 0 Å². The summed E-state index contributed by atoms with van der Waals surface area (Å²) in [5.41, 5.74) is 0.769. The van der Waals surface area contributed by atoms with Gasteiger partial charge in [0.1, 0.15) is 5.75 Å². The molecular formula is C13H20N2O4S. The molecule has 0 amide bonds. The van der Waals surface area contributed by atoms with Gasteiger partial charge in [0.2, 0.25) is 0 Å². The first-order valence-electron chi connectivity index (χ1n) is 6.21. The van der Waals surface area contributed by atoms with Crippen LogP contribution in [0.1, 0.15) is 12.5 Å². The van der Waals surface area contributed by atoms with E-state index in [2.05, 4.69) is 5.32 Å². The molecule has 0 aliphatic rings. The number of aliphatic hydroxyl groups is 1. The number of methoxy groups -OCH3 is 1. The van der Waals surface area contributed by atoms with Gasteiger partial charge in [-0.3, -0.25) is 10.1 Å². The minimum absolute atomic E-state index is 0.0406. The van der Waals surface area contributed by atoms with Crippen molar-refractivity contribution in [1.29, 1.82) is 0 Å². The quantitative estimate of drug-likeness (QED) is 0.562. The Labute approximate surface area is 122 Å². The molecule has 0 aromatic heterocycles. The Morgan fingerprint density at radius 3 is 2.75 bits per heavy atom. The van der Waals surface area contributed by atoms with E-state index >= 15 is 0 Å². The molecule has 0 aliphatic carbocycles. The monoisotopic (exact) mass is 300 g/mol. The second kappa shape index (κ2) is 8.08. The van der Waals surface area contributed by atoms with Crippen molar-refractivity contribution in [2.45, 2.75) is 24.8 Å². The van der Waals surface area contributed by atoms with Crippen molar-refractivity contribution >= 4 is 17.4 Å². The van der Waals surface area contributed by atoms with Crippen molar-refractivity contribution in [3.8, 4) is 5.75 Å². The van der Waals surface area contributed by atoms with Gasteiger partial charge in [-0.2, -0.15) is 11.8 Å². The Hall–Kier alpha value is -1.31. The molecule has 0 heterocycles. The molecule has 7 heteroatoms. The lowest BCUT2D eigenvalue weighted by molar-refractivity contribution is -0.384. The molecule has 0 saturated carbocycles. The molecule has 1 aromatic rings. The van der Waals surface area contributed by atoms with E-state index in [0.717, 1.165) is 5.56 Å². The molecule has 0 spiro atoms. The number of hydrogen-bond acceptors (Lipinski definition) is 6. The fourth-order valence-electron chi connectivity index (χ4n) is 1.86. The lowest BCUT2D eigenvalue weighted by Crippen LogP contribution is -2.37. The van der Waals surface area contributed by atoms with Gasteiger partial charge in [-0.25, -0.2) is 0 Å². The smallest absolute Gasteiger partial charge is 0.270 e. The van der Waals surface area contributed by atoms with E-state index in [1.165, 1.54) is 19.2 Å². The van der Waals surface area contributed by atoms with E-state index in [0.29, 0.717) is 12.3 Å². The van der Waals surface area contributed by atoms with Crippen molar-refractivity contribution < 1.29 is 14.8 Å². The molecule has 0 fully saturated rings. The first-order chi connectivity index (χ1) is 9.53. The summed E-state index contributed by atoms with van der Waals surface area (Å²) in [4.78, 5) is 10.4. The van der Waals surface area contributed by atoms with Crippen molar-refractivity contribution in [2.75, 3.05) is 20.0 Å². The van der Waals surface area contributed by atoms with Gasteiger partial charge >= 0.3 is 0 Å². The minimum atomic E-state index is -0.426. The van der Waals surface area contributed by atoms with Crippen molar-refractivity contribution in [3.05, 3.63) is 33.9 Å². The SMILES string of the molecule is COc1ccc([N+](=O)[O-])cc1CNC(C)C(CO)SC. The van der Waals surface area contributed by atoms with Crippen LogP contribution in [0.3, 0.4) is 0 Å². The summed E-state index contributed by atoms with van der Waals surface area (Å²) >= 11 is 1.58. The first-order valence-corrected chi connectivity index (χ1v) is 7.50. The topological polar surface area (TPSA) is 84.6 Å². The van der Waals surface area contributed by atoms with E-state index in [-0.39, 0.29) is 23.6 Å². The molecule has 112 valence electrons. The van der Waals surface area contributed by atoms with Crippen LogP contribution in [0.4, 0.5) is 5.69 Å². The highest BCUT2D eigenvalue weighted by molar-refractivity contribution is 7.99. The summed E-state index contributed by atoms with van der Waals surface area (Å²) in [6, 6.07) is 4.60. The zero-order valence-electron chi connectivity index (χ0n) is 11.8. The second-order valence-electron chi connectivity index (χ2n) is 4.38. The van der Waals surface area contributed by atoms with E-state index in [1.807, 2.05) is 13.2 Å². The number of nitrogens with one attached hydrogen (secondary N) is 1. The maximum atomic E-state index is 10.8. The Balaban J connectivity index is 2.80. The Bertz CT molecular complexity index is 452. The summed E-state index contributed by atoms with van der Waals surface area (Å²) in [6.07, 6.45) is 1.94. The highest BCUT2D eigenvalue weighted by atomic mass is 32.2. The minimum Gasteiger partial charge on any atom is -0.496 e. The van der Waals surface area contributed by atoms with Gasteiger partial charge in [-0.1, -0.05) is 0 Å². The molecule has 6 nitrogen and oxygen atoms in total. The third kappa shape index (κ3) is 4.36. The van der Waals surface area contributed by atoms with Crippen LogP contribution in [0.15, 0.2) is 18.2 Å². The van der Waals surface area contributed by atoms with E-state index in [9.17, 15) is 15.2 Å². The van der Waals surface area contributed by atoms with Crippen LogP contribution in [0.2, 0.25) is 0 Å². The number of benzene rings is 1. The zero-order chi connectivity index (χ0) is 15.1. The van der Waals surface area contributed by atoms with Crippen molar-refractivity contribution in [2.24, 2.45) is 0 Å². The number of thioether (sulfide) groups is 1. The van der Waals surface area contributed by atoms with E-state index < -0.39 is 4.92 Å². The molecule has 0 radical (unpaired) electrons. The van der Waals surface area contributed by atoms with Crippen LogP contribution in [-0.4, -0.2) is 41.3 Å². The lowest BCUT2D eigenvalue weighted by atomic mass is 10.1. The Morgan fingerprint density at radius 1 is 1.55 bits per heavy atom. The van der Waals surface area contributed by atoms with Crippen molar-refractivity contribution in [1.82, 2.24) is 5.32 Å². The predicted octanol–water partition coefficient (Wildman–Crippen LogP) is 1.81. The van der Waals surface area contributed by atoms with Crippen LogP contribution >= 0.6 is 11.8 Å². The van der Waals surface area contributed by atoms with Gasteiger partial charge in [-0.15, -0.1) is 0 Å². The van der Waals surface area contributed by atoms with Crippen LogP contribution in [0.5, 0.6) is 5.75 Å². The maximum absolute atomic E-state index is 10.8. The van der Waals surface area contributed by atoms with Crippen LogP contribution in [0.25, 0.3) is 0 Å². The maximum Gasteiger partial charge on any atom is 0.270 e. The average Bonchev–Trinajstić information content (AvgIpc) is 2.45. The predicted molar refractivity (Wildman–Crippen MR) is 80.3 cm³/mol. The number of non-ortho nitro benzene ring substituents is 1. The Morgan fingerprint density at radius 2 is 2.25 bits per heavy atom. The second-order valence-corrected chi connectivity index (χ2v) is 5.46. The summed E-state index contributed by atoms with van der Waals surface area (Å²) in [7, 11) is 1.53. The number of hydrogen-bond donors (Lipinski definition) is 2. The summed E-state index contributed by atoms with van der Waals surface area (Å²) in [5, 5.41) is 23.4. The number of ether oxygens (including phenoxy) is 1. The van der Waals surface area contributed by atoms with Gasteiger partial charge < -0.3 is 15.2 Å². The lowest BCUT2D eigenvalue weighted by Gasteiger charge is -2.21. The molecule has 2 N–H and O–H groups in total. The standard InChI is InChI=1S/C13H20N2O4S/c1-9(13(8-16)20-3)14-7-10-6-11(15(17)18)4-5-12(10)19-2/h4-6,9,13-14,16H,7-8H2,1-3H3. The molecule has 0 saturated heterocycles. The normalized spacial score (nSPS) is 13.8. The molecule has 1 aromatic carbocycles. The number of rotatable bonds is 8. The number of nitro groups is 1. The molecule has 2 atom stereocenters. The van der Waals surface area contributed by atoms with E-state index in [1.54, 1.807) is 17.8 Å². The number of nitro benzene ring substituents is 1. The average molecular weight is 300 g/mol. The highest BCUT2D eigenvalue weighted by Gasteiger charge is 2.16. The molecule has 0 aliphatic heterocycles. The van der Waals surface area contributed by atoms with Crippen LogP contribution in [0, 0.1) is 10.1 Å². The molecule has 2 unspecified atom stereocenters. The van der Waals surface area contributed by atoms with Crippen LogP contribution in [-0.2, 0) is 6.54 Å². The van der Waals surface area contributed by atoms with Gasteiger partial charge in [-0.05, 0) is 19.2 Å². The third-order valence-electron chi connectivity index (χ3n) is 3.13. The van der Waals surface area contributed by atoms with Crippen molar-refractivity contribution in [3.63, 3.8) is 0 Å². The Kier molecular flexibility index (Phi) is 6.77. The van der Waals surface area contributed by atoms with Gasteiger partial charge in [0.25, 0.3) is 5.69 Å². The molecular weight excluding hydrogens is 280 g/mol. The summed E-state index contributed by atoms with van der Waals surface area (Å²) < 4.78 is 5.21. The summed E-state index contributed by atoms with van der Waals surface area (Å²) in [5.74, 6) is 0.611. The molecule has 1 rings (SSSR count). The first kappa shape index (κ1) is 16.7. The molecule has 0 bridgehead atoms. The van der Waals surface area contributed by atoms with Crippen LogP contribution < -0.4 is 10.1 Å². The largest absolute Gasteiger partial charge is 0.496 e. The fourth-order valence-corrected chi connectivity index (χ4v) is 2.51. The van der Waals surface area contributed by atoms with Gasteiger partial charge in [0, 0.05) is 35.5 Å². The number of nitrogens with zero attached hydrogens (tertiary/aromatic N) is 1.